The Kier molecular flexibility index (Phi) is 7.12. The van der Waals surface area contributed by atoms with Crippen LogP contribution in [-0.4, -0.2) is 66.2 Å². The van der Waals surface area contributed by atoms with Gasteiger partial charge in [0.05, 0.1) is 11.1 Å². The molecule has 4 N–H and O–H groups in total. The number of hydrogen-bond donors (Lipinski definition) is 3. The van der Waals surface area contributed by atoms with Gasteiger partial charge in [-0.1, -0.05) is 0 Å². The number of piperazine rings is 1. The van der Waals surface area contributed by atoms with Crippen molar-refractivity contribution in [2.75, 3.05) is 36.8 Å². The molecule has 0 bridgehead atoms. The Morgan fingerprint density at radius 1 is 0.917 bits per heavy atom. The number of carbonyl (C=O) groups excluding carboxylic acids is 2. The zero-order valence-corrected chi connectivity index (χ0v) is 20.1. The molecule has 1 fully saturated rings. The molecular weight excluding hydrogens is 489 g/mol. The summed E-state index contributed by atoms with van der Waals surface area (Å²) in [5.41, 5.74) is 1.46. The quantitative estimate of drug-likeness (QED) is 0.453. The first-order chi connectivity index (χ1) is 17.1. The lowest BCUT2D eigenvalue weighted by molar-refractivity contribution is -0.130. The van der Waals surface area contributed by atoms with Crippen LogP contribution in [0.3, 0.4) is 0 Å². The highest BCUT2D eigenvalue weighted by molar-refractivity contribution is 7.89. The van der Waals surface area contributed by atoms with Gasteiger partial charge in [0.1, 0.15) is 0 Å². The predicted octanol–water partition coefficient (Wildman–Crippen LogP) is 2.05. The predicted molar refractivity (Wildman–Crippen MR) is 131 cm³/mol. The molecule has 2 amide bonds. The highest BCUT2D eigenvalue weighted by Gasteiger charge is 2.23. The van der Waals surface area contributed by atoms with Crippen molar-refractivity contribution < 1.29 is 22.4 Å². The second kappa shape index (κ2) is 10.3. The molecule has 13 heteroatoms. The van der Waals surface area contributed by atoms with Crippen LogP contribution in [0.4, 0.5) is 27.5 Å². The SMILES string of the molecule is CC(=O)N1CCN(C(=O)c2ccc(Nc3nc(Nc4ccc(S(N)(=O)=O)cc4)ncc3F)cc2)CC1. The van der Waals surface area contributed by atoms with E-state index in [0.29, 0.717) is 43.1 Å². The summed E-state index contributed by atoms with van der Waals surface area (Å²) in [5, 5.41) is 10.8. The van der Waals surface area contributed by atoms with E-state index in [0.717, 1.165) is 6.20 Å². The van der Waals surface area contributed by atoms with E-state index in [2.05, 4.69) is 20.6 Å². The lowest BCUT2D eigenvalue weighted by atomic mass is 10.1. The van der Waals surface area contributed by atoms with Crippen molar-refractivity contribution >= 4 is 45.0 Å². The van der Waals surface area contributed by atoms with E-state index in [1.165, 1.54) is 31.2 Å². The van der Waals surface area contributed by atoms with Crippen molar-refractivity contribution in [3.63, 3.8) is 0 Å². The molecule has 1 aliphatic rings. The van der Waals surface area contributed by atoms with Gasteiger partial charge < -0.3 is 20.4 Å². The van der Waals surface area contributed by atoms with Gasteiger partial charge in [0.25, 0.3) is 5.91 Å². The van der Waals surface area contributed by atoms with E-state index in [-0.39, 0.29) is 28.5 Å². The van der Waals surface area contributed by atoms with E-state index in [1.54, 1.807) is 34.1 Å². The number of amides is 2. The summed E-state index contributed by atoms with van der Waals surface area (Å²) in [7, 11) is -3.82. The van der Waals surface area contributed by atoms with Crippen LogP contribution in [0.1, 0.15) is 17.3 Å². The molecule has 4 rings (SSSR count). The molecule has 1 aliphatic heterocycles. The molecule has 1 aromatic heterocycles. The number of anilines is 4. The van der Waals surface area contributed by atoms with Crippen LogP contribution in [0.2, 0.25) is 0 Å². The summed E-state index contributed by atoms with van der Waals surface area (Å²) in [4.78, 5) is 35.6. The van der Waals surface area contributed by atoms with Crippen LogP contribution in [0.25, 0.3) is 0 Å². The summed E-state index contributed by atoms with van der Waals surface area (Å²) in [6, 6.07) is 12.2. The zero-order chi connectivity index (χ0) is 25.9. The third-order valence-corrected chi connectivity index (χ3v) is 6.52. The molecule has 2 aromatic carbocycles. The number of rotatable bonds is 6. The third-order valence-electron chi connectivity index (χ3n) is 5.59. The standard InChI is InChI=1S/C23H24FN7O4S/c1-15(32)30-10-12-31(13-11-30)22(33)16-2-4-17(5-3-16)27-21-20(24)14-26-23(29-21)28-18-6-8-19(9-7-18)36(25,34)35/h2-9,14H,10-13H2,1H3,(H2,25,34,35)(H2,26,27,28,29). The van der Waals surface area contributed by atoms with E-state index in [1.807, 2.05) is 0 Å². The highest BCUT2D eigenvalue weighted by atomic mass is 32.2. The van der Waals surface area contributed by atoms with Crippen molar-refractivity contribution in [1.82, 2.24) is 19.8 Å². The van der Waals surface area contributed by atoms with Crippen molar-refractivity contribution in [3.8, 4) is 0 Å². The first-order valence-electron chi connectivity index (χ1n) is 10.9. The summed E-state index contributed by atoms with van der Waals surface area (Å²) < 4.78 is 37.1. The normalized spacial score (nSPS) is 13.9. The highest BCUT2D eigenvalue weighted by Crippen LogP contribution is 2.22. The van der Waals surface area contributed by atoms with Crippen molar-refractivity contribution in [2.45, 2.75) is 11.8 Å². The van der Waals surface area contributed by atoms with Gasteiger partial charge in [-0.05, 0) is 48.5 Å². The topological polar surface area (TPSA) is 151 Å². The number of carbonyl (C=O) groups is 2. The second-order valence-electron chi connectivity index (χ2n) is 8.09. The van der Waals surface area contributed by atoms with Crippen molar-refractivity contribution in [1.29, 1.82) is 0 Å². The number of nitrogens with one attached hydrogen (secondary N) is 2. The number of benzene rings is 2. The number of sulfonamides is 1. The molecule has 0 aliphatic carbocycles. The molecule has 0 radical (unpaired) electrons. The average Bonchev–Trinajstić information content (AvgIpc) is 2.86. The fourth-order valence-electron chi connectivity index (χ4n) is 3.61. The first-order valence-corrected chi connectivity index (χ1v) is 12.5. The van der Waals surface area contributed by atoms with Crippen LogP contribution in [-0.2, 0) is 14.8 Å². The summed E-state index contributed by atoms with van der Waals surface area (Å²) >= 11 is 0. The van der Waals surface area contributed by atoms with Gasteiger partial charge in [-0.15, -0.1) is 0 Å². The molecule has 188 valence electrons. The fraction of sp³-hybridized carbons (Fsp3) is 0.217. The van der Waals surface area contributed by atoms with Gasteiger partial charge in [0, 0.05) is 50.0 Å². The number of nitrogens with two attached hydrogens (primary N) is 1. The van der Waals surface area contributed by atoms with Crippen LogP contribution < -0.4 is 15.8 Å². The summed E-state index contributed by atoms with van der Waals surface area (Å²) in [6.45, 7) is 3.44. The lowest BCUT2D eigenvalue weighted by Crippen LogP contribution is -2.50. The van der Waals surface area contributed by atoms with Gasteiger partial charge >= 0.3 is 0 Å². The van der Waals surface area contributed by atoms with Crippen LogP contribution in [0, 0.1) is 5.82 Å². The van der Waals surface area contributed by atoms with Gasteiger partial charge in [-0.3, -0.25) is 9.59 Å². The van der Waals surface area contributed by atoms with Crippen LogP contribution in [0.5, 0.6) is 0 Å². The molecule has 0 unspecified atom stereocenters. The Hall–Kier alpha value is -4.10. The Morgan fingerprint density at radius 3 is 2.06 bits per heavy atom. The van der Waals surface area contributed by atoms with E-state index in [4.69, 9.17) is 5.14 Å². The van der Waals surface area contributed by atoms with Gasteiger partial charge in [-0.2, -0.15) is 4.98 Å². The Morgan fingerprint density at radius 2 is 1.47 bits per heavy atom. The minimum absolute atomic E-state index is 0.00667. The number of nitrogens with zero attached hydrogens (tertiary/aromatic N) is 4. The number of aromatic nitrogens is 2. The van der Waals surface area contributed by atoms with Crippen LogP contribution in [0.15, 0.2) is 59.6 Å². The number of primary sulfonamides is 1. The maximum Gasteiger partial charge on any atom is 0.253 e. The zero-order valence-electron chi connectivity index (χ0n) is 19.3. The Labute approximate surface area is 207 Å². The molecule has 11 nitrogen and oxygen atoms in total. The molecule has 36 heavy (non-hydrogen) atoms. The number of hydrogen-bond acceptors (Lipinski definition) is 8. The largest absolute Gasteiger partial charge is 0.339 e. The Bertz CT molecular complexity index is 1370. The summed E-state index contributed by atoms with van der Waals surface area (Å²) in [6.07, 6.45) is 0.995. The average molecular weight is 514 g/mol. The van der Waals surface area contributed by atoms with Crippen molar-refractivity contribution in [2.24, 2.45) is 5.14 Å². The maximum atomic E-state index is 14.3. The molecule has 2 heterocycles. The van der Waals surface area contributed by atoms with Gasteiger partial charge in [-0.25, -0.2) is 22.9 Å². The smallest absolute Gasteiger partial charge is 0.253 e. The van der Waals surface area contributed by atoms with Crippen molar-refractivity contribution in [3.05, 3.63) is 66.1 Å². The minimum Gasteiger partial charge on any atom is -0.339 e. The van der Waals surface area contributed by atoms with Gasteiger partial charge in [0.15, 0.2) is 11.6 Å². The lowest BCUT2D eigenvalue weighted by Gasteiger charge is -2.34. The maximum absolute atomic E-state index is 14.3. The van der Waals surface area contributed by atoms with Gasteiger partial charge in [0.2, 0.25) is 21.9 Å². The van der Waals surface area contributed by atoms with E-state index in [9.17, 15) is 22.4 Å². The summed E-state index contributed by atoms with van der Waals surface area (Å²) in [5.74, 6) is -0.842. The fourth-order valence-corrected chi connectivity index (χ4v) is 4.13. The Balaban J connectivity index is 1.41. The van der Waals surface area contributed by atoms with E-state index < -0.39 is 15.8 Å². The molecule has 1 saturated heterocycles. The molecule has 3 aromatic rings. The number of halogens is 1. The molecular formula is C23H24FN7O4S. The third kappa shape index (κ3) is 5.93. The molecule has 0 spiro atoms. The minimum atomic E-state index is -3.82. The molecule has 0 saturated carbocycles. The monoisotopic (exact) mass is 513 g/mol. The first kappa shape index (κ1) is 25.0. The van der Waals surface area contributed by atoms with E-state index >= 15 is 0 Å². The van der Waals surface area contributed by atoms with Crippen LogP contribution >= 0.6 is 0 Å². The molecule has 0 atom stereocenters. The second-order valence-corrected chi connectivity index (χ2v) is 9.65.